The van der Waals surface area contributed by atoms with E-state index in [0.29, 0.717) is 13.2 Å². The van der Waals surface area contributed by atoms with Gasteiger partial charge < -0.3 is 18.9 Å². The van der Waals surface area contributed by atoms with Crippen molar-refractivity contribution in [1.82, 2.24) is 0 Å². The first kappa shape index (κ1) is 12.3. The molecule has 4 heteroatoms. The third-order valence-electron chi connectivity index (χ3n) is 2.95. The Morgan fingerprint density at radius 2 is 1.50 bits per heavy atom. The van der Waals surface area contributed by atoms with E-state index >= 15 is 0 Å². The Hall–Kier alpha value is -0.160. The zero-order valence-electron chi connectivity index (χ0n) is 10.5. The van der Waals surface area contributed by atoms with Gasteiger partial charge in [0.05, 0.1) is 26.4 Å². The number of hydrogen-bond donors (Lipinski definition) is 0. The smallest absolute Gasteiger partial charge is 0.157 e. The van der Waals surface area contributed by atoms with E-state index in [9.17, 15) is 0 Å². The molecule has 0 spiro atoms. The molecule has 2 saturated heterocycles. The minimum Gasteiger partial charge on any atom is -0.367 e. The first-order valence-corrected chi connectivity index (χ1v) is 6.06. The Labute approximate surface area is 97.2 Å². The Balaban J connectivity index is 1.66. The average Bonchev–Trinajstić information content (AvgIpc) is 3.14. The molecular weight excluding hydrogens is 208 g/mol. The van der Waals surface area contributed by atoms with Gasteiger partial charge in [0.2, 0.25) is 0 Å². The molecule has 2 fully saturated rings. The summed E-state index contributed by atoms with van der Waals surface area (Å²) in [5, 5.41) is 0. The van der Waals surface area contributed by atoms with E-state index in [1.54, 1.807) is 0 Å². The summed E-state index contributed by atoms with van der Waals surface area (Å²) in [6, 6.07) is 0. The molecule has 0 N–H and O–H groups in total. The van der Waals surface area contributed by atoms with E-state index in [4.69, 9.17) is 18.9 Å². The van der Waals surface area contributed by atoms with Crippen LogP contribution < -0.4 is 0 Å². The van der Waals surface area contributed by atoms with Crippen LogP contribution in [0.5, 0.6) is 0 Å². The van der Waals surface area contributed by atoms with Crippen molar-refractivity contribution in [3.63, 3.8) is 0 Å². The van der Waals surface area contributed by atoms with Gasteiger partial charge in [-0.3, -0.25) is 0 Å². The highest BCUT2D eigenvalue weighted by atomic mass is 16.7. The van der Waals surface area contributed by atoms with Gasteiger partial charge in [0.1, 0.15) is 11.2 Å². The fourth-order valence-corrected chi connectivity index (χ4v) is 1.40. The molecule has 2 atom stereocenters. The predicted octanol–water partition coefficient (Wildman–Crippen LogP) is 1.72. The highest BCUT2D eigenvalue weighted by Crippen LogP contribution is 2.29. The molecule has 2 heterocycles. The van der Waals surface area contributed by atoms with Crippen molar-refractivity contribution in [2.75, 3.05) is 26.4 Å². The van der Waals surface area contributed by atoms with Crippen LogP contribution in [-0.2, 0) is 18.9 Å². The average molecular weight is 230 g/mol. The van der Waals surface area contributed by atoms with Gasteiger partial charge in [0.15, 0.2) is 6.29 Å². The van der Waals surface area contributed by atoms with Crippen molar-refractivity contribution in [3.05, 3.63) is 0 Å². The summed E-state index contributed by atoms with van der Waals surface area (Å²) in [5.41, 5.74) is -0.120. The van der Waals surface area contributed by atoms with Gasteiger partial charge in [-0.1, -0.05) is 13.3 Å². The van der Waals surface area contributed by atoms with Crippen molar-refractivity contribution in [3.8, 4) is 0 Å². The lowest BCUT2D eigenvalue weighted by atomic mass is 10.2. The van der Waals surface area contributed by atoms with Crippen LogP contribution in [0.3, 0.4) is 0 Å². The number of hydrogen-bond acceptors (Lipinski definition) is 4. The van der Waals surface area contributed by atoms with Gasteiger partial charge in [0.25, 0.3) is 0 Å². The zero-order chi connectivity index (χ0) is 11.6. The lowest BCUT2D eigenvalue weighted by Gasteiger charge is -2.20. The van der Waals surface area contributed by atoms with Crippen molar-refractivity contribution in [2.45, 2.75) is 51.1 Å². The Bertz CT molecular complexity index is 211. The number of ether oxygens (including phenoxy) is 4. The van der Waals surface area contributed by atoms with Crippen LogP contribution in [0, 0.1) is 0 Å². The van der Waals surface area contributed by atoms with Gasteiger partial charge >= 0.3 is 0 Å². The SMILES string of the molecule is CCCC(OCC1(C)CO1)OCC1(C)CO1. The molecule has 2 unspecified atom stereocenters. The van der Waals surface area contributed by atoms with E-state index in [2.05, 4.69) is 20.8 Å². The van der Waals surface area contributed by atoms with Gasteiger partial charge in [-0.2, -0.15) is 0 Å². The largest absolute Gasteiger partial charge is 0.367 e. The summed E-state index contributed by atoms with van der Waals surface area (Å²) in [7, 11) is 0. The van der Waals surface area contributed by atoms with E-state index in [-0.39, 0.29) is 17.5 Å². The molecule has 0 aromatic carbocycles. The lowest BCUT2D eigenvalue weighted by Crippen LogP contribution is -2.27. The quantitative estimate of drug-likeness (QED) is 0.470. The predicted molar refractivity (Wildman–Crippen MR) is 59.3 cm³/mol. The lowest BCUT2D eigenvalue weighted by molar-refractivity contribution is -0.162. The molecule has 0 bridgehead atoms. The summed E-state index contributed by atoms with van der Waals surface area (Å²) in [5.74, 6) is 0. The van der Waals surface area contributed by atoms with E-state index < -0.39 is 0 Å². The van der Waals surface area contributed by atoms with Crippen molar-refractivity contribution >= 4 is 0 Å². The van der Waals surface area contributed by atoms with Crippen LogP contribution in [0.2, 0.25) is 0 Å². The van der Waals surface area contributed by atoms with Crippen LogP contribution >= 0.6 is 0 Å². The molecule has 0 amide bonds. The zero-order valence-corrected chi connectivity index (χ0v) is 10.5. The highest BCUT2D eigenvalue weighted by Gasteiger charge is 2.42. The summed E-state index contributed by atoms with van der Waals surface area (Å²) in [4.78, 5) is 0. The second-order valence-corrected chi connectivity index (χ2v) is 5.32. The highest BCUT2D eigenvalue weighted by molar-refractivity contribution is 4.87. The summed E-state index contributed by atoms with van der Waals surface area (Å²) in [6.07, 6.45) is 1.86. The van der Waals surface area contributed by atoms with E-state index in [1.165, 1.54) is 0 Å². The maximum atomic E-state index is 5.73. The first-order valence-electron chi connectivity index (χ1n) is 6.06. The Morgan fingerprint density at radius 3 is 1.81 bits per heavy atom. The third-order valence-corrected chi connectivity index (χ3v) is 2.95. The van der Waals surface area contributed by atoms with Gasteiger partial charge in [-0.25, -0.2) is 0 Å². The summed E-state index contributed by atoms with van der Waals surface area (Å²) >= 11 is 0. The standard InChI is InChI=1S/C12H22O4/c1-4-5-10(13-6-11(2)8-15-11)14-7-12(3)9-16-12/h10H,4-9H2,1-3H3. The molecule has 16 heavy (non-hydrogen) atoms. The van der Waals surface area contributed by atoms with Crippen molar-refractivity contribution in [1.29, 1.82) is 0 Å². The molecule has 0 radical (unpaired) electrons. The summed E-state index contributed by atoms with van der Waals surface area (Å²) < 4.78 is 22.0. The minimum absolute atomic E-state index is 0.0602. The van der Waals surface area contributed by atoms with E-state index in [0.717, 1.165) is 26.1 Å². The molecule has 0 saturated carbocycles. The molecule has 4 nitrogen and oxygen atoms in total. The van der Waals surface area contributed by atoms with Gasteiger partial charge in [0, 0.05) is 0 Å². The molecule has 94 valence electrons. The molecule has 2 aliphatic rings. The summed E-state index contributed by atoms with van der Waals surface area (Å²) in [6.45, 7) is 9.08. The monoisotopic (exact) mass is 230 g/mol. The van der Waals surface area contributed by atoms with E-state index in [1.807, 2.05) is 0 Å². The van der Waals surface area contributed by atoms with Crippen LogP contribution in [0.25, 0.3) is 0 Å². The Morgan fingerprint density at radius 1 is 1.06 bits per heavy atom. The minimum atomic E-state index is -0.118. The van der Waals surface area contributed by atoms with Crippen molar-refractivity contribution < 1.29 is 18.9 Å². The third kappa shape index (κ3) is 3.70. The van der Waals surface area contributed by atoms with Crippen LogP contribution in [0.1, 0.15) is 33.6 Å². The topological polar surface area (TPSA) is 43.5 Å². The Kier molecular flexibility index (Phi) is 3.54. The molecule has 2 aliphatic heterocycles. The van der Waals surface area contributed by atoms with Crippen molar-refractivity contribution in [2.24, 2.45) is 0 Å². The number of epoxide rings is 2. The molecular formula is C12H22O4. The molecule has 0 aliphatic carbocycles. The fourth-order valence-electron chi connectivity index (χ4n) is 1.40. The fraction of sp³-hybridized carbons (Fsp3) is 1.00. The van der Waals surface area contributed by atoms with Crippen LogP contribution in [-0.4, -0.2) is 43.9 Å². The second-order valence-electron chi connectivity index (χ2n) is 5.32. The molecule has 0 aromatic heterocycles. The van der Waals surface area contributed by atoms with Gasteiger partial charge in [-0.05, 0) is 20.3 Å². The normalized spacial score (nSPS) is 38.4. The maximum Gasteiger partial charge on any atom is 0.157 e. The van der Waals surface area contributed by atoms with Gasteiger partial charge in [-0.15, -0.1) is 0 Å². The molecule has 2 rings (SSSR count). The second kappa shape index (κ2) is 4.61. The first-order chi connectivity index (χ1) is 7.55. The van der Waals surface area contributed by atoms with Crippen LogP contribution in [0.4, 0.5) is 0 Å². The maximum absolute atomic E-state index is 5.73. The van der Waals surface area contributed by atoms with Crippen LogP contribution in [0.15, 0.2) is 0 Å². The molecule has 0 aromatic rings. The number of rotatable bonds is 8.